The van der Waals surface area contributed by atoms with Gasteiger partial charge in [-0.15, -0.1) is 0 Å². The Morgan fingerprint density at radius 3 is 2.71 bits per heavy atom. The number of aromatic amines is 1. The van der Waals surface area contributed by atoms with E-state index in [1.54, 1.807) is 17.2 Å². The quantitative estimate of drug-likeness (QED) is 0.402. The lowest BCUT2D eigenvalue weighted by molar-refractivity contribution is -0.134. The second-order valence-corrected chi connectivity index (χ2v) is 9.29. The van der Waals surface area contributed by atoms with Crippen LogP contribution < -0.4 is 4.74 Å². The highest BCUT2D eigenvalue weighted by Crippen LogP contribution is 2.33. The van der Waals surface area contributed by atoms with Gasteiger partial charge in [0.15, 0.2) is 0 Å². The van der Waals surface area contributed by atoms with E-state index in [1.807, 2.05) is 30.9 Å². The minimum atomic E-state index is -0.428. The summed E-state index contributed by atoms with van der Waals surface area (Å²) in [5, 5.41) is 12.8. The van der Waals surface area contributed by atoms with E-state index in [2.05, 4.69) is 30.2 Å². The van der Waals surface area contributed by atoms with Crippen molar-refractivity contribution in [2.24, 2.45) is 0 Å². The van der Waals surface area contributed by atoms with Crippen LogP contribution in [0.4, 0.5) is 0 Å². The van der Waals surface area contributed by atoms with Crippen molar-refractivity contribution in [1.29, 1.82) is 0 Å². The van der Waals surface area contributed by atoms with Gasteiger partial charge in [0.1, 0.15) is 17.3 Å². The molecule has 35 heavy (non-hydrogen) atoms. The van der Waals surface area contributed by atoms with Crippen LogP contribution in [0.15, 0.2) is 36.9 Å². The first-order chi connectivity index (χ1) is 16.9. The number of likely N-dealkylation sites (N-methyl/N-ethyl adjacent to an activating group) is 1. The standard InChI is InChI=1S/C23H24Cl2N8O2/c1-14(21-16(24)10-26-11-17(21)25)35-19-4-3-18-23(28-19)22(30-29-18)15-9-27-33(12-15)8-7-32-6-5-31(2)20(34)13-32/h3-4,9-12,14H,5-8,13H2,1-2H3,(H,29,30)/t14-/m1/s1. The highest BCUT2D eigenvalue weighted by Gasteiger charge is 2.21. The number of H-pyrrole nitrogens is 1. The first-order valence-electron chi connectivity index (χ1n) is 11.2. The van der Waals surface area contributed by atoms with Gasteiger partial charge in [0.25, 0.3) is 0 Å². The summed E-state index contributed by atoms with van der Waals surface area (Å²) in [6.45, 7) is 5.32. The predicted molar refractivity (Wildman–Crippen MR) is 132 cm³/mol. The Balaban J connectivity index is 1.31. The molecule has 0 spiro atoms. The summed E-state index contributed by atoms with van der Waals surface area (Å²) in [7, 11) is 1.84. The summed E-state index contributed by atoms with van der Waals surface area (Å²) < 4.78 is 7.91. The molecule has 1 atom stereocenters. The second kappa shape index (κ2) is 9.80. The zero-order valence-corrected chi connectivity index (χ0v) is 20.8. The number of halogens is 2. The molecule has 4 aromatic rings. The van der Waals surface area contributed by atoms with E-state index in [0.717, 1.165) is 30.7 Å². The fourth-order valence-electron chi connectivity index (χ4n) is 4.05. The van der Waals surface area contributed by atoms with Gasteiger partial charge in [-0.05, 0) is 13.0 Å². The molecule has 0 bridgehead atoms. The molecule has 1 aliphatic heterocycles. The Morgan fingerprint density at radius 2 is 1.94 bits per heavy atom. The molecule has 0 aromatic carbocycles. The molecule has 10 nitrogen and oxygen atoms in total. The van der Waals surface area contributed by atoms with Crippen molar-refractivity contribution in [2.75, 3.05) is 33.2 Å². The van der Waals surface area contributed by atoms with Gasteiger partial charge >= 0.3 is 0 Å². The van der Waals surface area contributed by atoms with Gasteiger partial charge in [-0.3, -0.25) is 24.5 Å². The number of nitrogens with one attached hydrogen (secondary N) is 1. The first kappa shape index (κ1) is 23.5. The van der Waals surface area contributed by atoms with Crippen molar-refractivity contribution in [2.45, 2.75) is 19.6 Å². The summed E-state index contributed by atoms with van der Waals surface area (Å²) in [5.41, 5.74) is 3.62. The minimum absolute atomic E-state index is 0.146. The summed E-state index contributed by atoms with van der Waals surface area (Å²) >= 11 is 12.5. The molecule has 0 unspecified atom stereocenters. The summed E-state index contributed by atoms with van der Waals surface area (Å²) in [6, 6.07) is 3.63. The van der Waals surface area contributed by atoms with Crippen molar-refractivity contribution < 1.29 is 9.53 Å². The van der Waals surface area contributed by atoms with Crippen molar-refractivity contribution in [1.82, 2.24) is 39.7 Å². The van der Waals surface area contributed by atoms with Crippen LogP contribution in [-0.4, -0.2) is 78.9 Å². The Labute approximate surface area is 211 Å². The normalized spacial score (nSPS) is 15.7. The van der Waals surface area contributed by atoms with Crippen LogP contribution in [0.5, 0.6) is 5.88 Å². The number of hydrogen-bond donors (Lipinski definition) is 1. The third-order valence-electron chi connectivity index (χ3n) is 6.06. The van der Waals surface area contributed by atoms with Crippen molar-refractivity contribution in [3.05, 3.63) is 52.5 Å². The number of carbonyl (C=O) groups is 1. The third kappa shape index (κ3) is 4.95. The fraction of sp³-hybridized carbons (Fsp3) is 0.348. The van der Waals surface area contributed by atoms with Crippen LogP contribution in [-0.2, 0) is 11.3 Å². The maximum Gasteiger partial charge on any atom is 0.236 e. The van der Waals surface area contributed by atoms with Gasteiger partial charge in [0.05, 0.1) is 34.8 Å². The van der Waals surface area contributed by atoms with Crippen LogP contribution in [0.1, 0.15) is 18.6 Å². The van der Waals surface area contributed by atoms with E-state index in [4.69, 9.17) is 27.9 Å². The first-order valence-corrected chi connectivity index (χ1v) is 11.9. The molecular weight excluding hydrogens is 491 g/mol. The molecular formula is C23H24Cl2N8O2. The molecule has 1 fully saturated rings. The van der Waals surface area contributed by atoms with E-state index >= 15 is 0 Å². The number of rotatable bonds is 7. The highest BCUT2D eigenvalue weighted by atomic mass is 35.5. The monoisotopic (exact) mass is 514 g/mol. The second-order valence-electron chi connectivity index (χ2n) is 8.48. The lowest BCUT2D eigenvalue weighted by Crippen LogP contribution is -2.49. The zero-order valence-electron chi connectivity index (χ0n) is 19.3. The average Bonchev–Trinajstić information content (AvgIpc) is 3.46. The zero-order chi connectivity index (χ0) is 24.5. The number of pyridine rings is 2. The van der Waals surface area contributed by atoms with Crippen LogP contribution in [0, 0.1) is 0 Å². The summed E-state index contributed by atoms with van der Waals surface area (Å²) in [6.07, 6.45) is 6.34. The molecule has 0 saturated carbocycles. The molecule has 12 heteroatoms. The molecule has 0 radical (unpaired) electrons. The lowest BCUT2D eigenvalue weighted by Gasteiger charge is -2.31. The van der Waals surface area contributed by atoms with E-state index in [1.165, 1.54) is 12.4 Å². The Morgan fingerprint density at radius 1 is 1.14 bits per heavy atom. The van der Waals surface area contributed by atoms with Gasteiger partial charge in [0, 0.05) is 62.5 Å². The molecule has 1 saturated heterocycles. The molecule has 1 N–H and O–H groups in total. The topological polar surface area (TPSA) is 105 Å². The Hall–Kier alpha value is -3.21. The van der Waals surface area contributed by atoms with Gasteiger partial charge < -0.3 is 9.64 Å². The number of hydrogen-bond acceptors (Lipinski definition) is 7. The SMILES string of the molecule is C[C@@H](Oc1ccc2[nH]nc(-c3cnn(CCN4CCN(C)C(=O)C4)c3)c2n1)c1c(Cl)cncc1Cl. The van der Waals surface area contributed by atoms with E-state index in [0.29, 0.717) is 45.8 Å². The molecule has 0 aliphatic carbocycles. The summed E-state index contributed by atoms with van der Waals surface area (Å²) in [5.74, 6) is 0.566. The van der Waals surface area contributed by atoms with Crippen molar-refractivity contribution >= 4 is 40.1 Å². The van der Waals surface area contributed by atoms with Crippen molar-refractivity contribution in [3.8, 4) is 17.1 Å². The van der Waals surface area contributed by atoms with Crippen LogP contribution >= 0.6 is 23.2 Å². The number of ether oxygens (including phenoxy) is 1. The lowest BCUT2D eigenvalue weighted by atomic mass is 10.2. The third-order valence-corrected chi connectivity index (χ3v) is 6.67. The van der Waals surface area contributed by atoms with Crippen LogP contribution in [0.25, 0.3) is 22.3 Å². The molecule has 5 rings (SSSR count). The Bertz CT molecular complexity index is 1350. The highest BCUT2D eigenvalue weighted by molar-refractivity contribution is 6.35. The number of amides is 1. The molecule has 1 aliphatic rings. The smallest absolute Gasteiger partial charge is 0.236 e. The van der Waals surface area contributed by atoms with Gasteiger partial charge in [-0.2, -0.15) is 10.2 Å². The Kier molecular flexibility index (Phi) is 6.59. The molecule has 182 valence electrons. The number of piperazine rings is 1. The maximum atomic E-state index is 11.9. The van der Waals surface area contributed by atoms with Gasteiger partial charge in [-0.25, -0.2) is 4.98 Å². The number of nitrogens with zero attached hydrogens (tertiary/aromatic N) is 7. The maximum absolute atomic E-state index is 11.9. The fourth-order valence-corrected chi connectivity index (χ4v) is 4.72. The largest absolute Gasteiger partial charge is 0.470 e. The number of aromatic nitrogens is 6. The minimum Gasteiger partial charge on any atom is -0.470 e. The van der Waals surface area contributed by atoms with E-state index in [-0.39, 0.29) is 5.91 Å². The van der Waals surface area contributed by atoms with Gasteiger partial charge in [-0.1, -0.05) is 23.2 Å². The van der Waals surface area contributed by atoms with Gasteiger partial charge in [0.2, 0.25) is 11.8 Å². The number of carbonyl (C=O) groups excluding carboxylic acids is 1. The van der Waals surface area contributed by atoms with Crippen molar-refractivity contribution in [3.63, 3.8) is 0 Å². The molecule has 4 aromatic heterocycles. The van der Waals surface area contributed by atoms with Crippen LogP contribution in [0.2, 0.25) is 10.0 Å². The van der Waals surface area contributed by atoms with Crippen LogP contribution in [0.3, 0.4) is 0 Å². The average molecular weight is 515 g/mol. The predicted octanol–water partition coefficient (Wildman–Crippen LogP) is 3.44. The molecule has 1 amide bonds. The molecule has 5 heterocycles. The van der Waals surface area contributed by atoms with E-state index in [9.17, 15) is 4.79 Å². The van der Waals surface area contributed by atoms with E-state index < -0.39 is 6.10 Å². The summed E-state index contributed by atoms with van der Waals surface area (Å²) in [4.78, 5) is 24.5. The number of fused-ring (bicyclic) bond motifs is 1.